The van der Waals surface area contributed by atoms with Gasteiger partial charge in [0.05, 0.1) is 5.56 Å². The van der Waals surface area contributed by atoms with Crippen LogP contribution in [0, 0.1) is 0 Å². The number of benzene rings is 2. The van der Waals surface area contributed by atoms with E-state index in [1.165, 1.54) is 0 Å². The smallest absolute Gasteiger partial charge is 0.308 e. The number of aromatic nitrogens is 1. The molecule has 1 aliphatic heterocycles. The van der Waals surface area contributed by atoms with E-state index < -0.39 is 0 Å². The maximum Gasteiger partial charge on any atom is 0.323 e. The van der Waals surface area contributed by atoms with E-state index in [0.29, 0.717) is 23.5 Å². The second-order valence-corrected chi connectivity index (χ2v) is 6.59. The van der Waals surface area contributed by atoms with E-state index in [0.717, 1.165) is 24.1 Å². The van der Waals surface area contributed by atoms with Gasteiger partial charge in [0, 0.05) is 36.0 Å². The van der Waals surface area contributed by atoms with E-state index in [2.05, 4.69) is 15.6 Å². The molecular formula is C22H20N4O2. The number of pyridine rings is 1. The van der Waals surface area contributed by atoms with E-state index in [1.54, 1.807) is 29.4 Å². The van der Waals surface area contributed by atoms with Gasteiger partial charge < -0.3 is 15.5 Å². The Morgan fingerprint density at radius 3 is 2.54 bits per heavy atom. The highest BCUT2D eigenvalue weighted by Crippen LogP contribution is 2.31. The Kier molecular flexibility index (Phi) is 5.01. The van der Waals surface area contributed by atoms with Gasteiger partial charge in [0.2, 0.25) is 0 Å². The normalized spacial score (nSPS) is 12.8. The summed E-state index contributed by atoms with van der Waals surface area (Å²) in [5, 5.41) is 5.63. The summed E-state index contributed by atoms with van der Waals surface area (Å²) in [4.78, 5) is 31.0. The summed E-state index contributed by atoms with van der Waals surface area (Å²) in [7, 11) is 0. The maximum atomic E-state index is 12.9. The van der Waals surface area contributed by atoms with E-state index in [4.69, 9.17) is 0 Å². The number of anilines is 3. The molecule has 0 bridgehead atoms. The van der Waals surface area contributed by atoms with Gasteiger partial charge in [-0.3, -0.25) is 9.78 Å². The number of para-hydroxylation sites is 1. The SMILES string of the molecule is O=C(Nc1ccccc1)Nc1ccc2c(c1)N(C(=O)c1cccnc1)CCC2. The number of carbonyl (C=O) groups excluding carboxylic acids is 2. The van der Waals surface area contributed by atoms with Gasteiger partial charge in [-0.1, -0.05) is 24.3 Å². The lowest BCUT2D eigenvalue weighted by Gasteiger charge is -2.30. The lowest BCUT2D eigenvalue weighted by molar-refractivity contribution is 0.0985. The van der Waals surface area contributed by atoms with Crippen LogP contribution in [-0.4, -0.2) is 23.5 Å². The van der Waals surface area contributed by atoms with Crippen molar-refractivity contribution in [3.8, 4) is 0 Å². The van der Waals surface area contributed by atoms with Crippen LogP contribution in [0.3, 0.4) is 0 Å². The Bertz CT molecular complexity index is 990. The molecule has 6 heteroatoms. The first-order valence-electron chi connectivity index (χ1n) is 9.18. The number of nitrogens with zero attached hydrogens (tertiary/aromatic N) is 2. The average molecular weight is 372 g/mol. The third kappa shape index (κ3) is 3.86. The van der Waals surface area contributed by atoms with Crippen molar-refractivity contribution in [1.29, 1.82) is 0 Å². The number of aryl methyl sites for hydroxylation is 1. The van der Waals surface area contributed by atoms with Gasteiger partial charge in [0.1, 0.15) is 0 Å². The summed E-state index contributed by atoms with van der Waals surface area (Å²) >= 11 is 0. The average Bonchev–Trinajstić information content (AvgIpc) is 2.74. The van der Waals surface area contributed by atoms with Gasteiger partial charge in [-0.2, -0.15) is 0 Å². The minimum absolute atomic E-state index is 0.0834. The first-order valence-corrected chi connectivity index (χ1v) is 9.18. The predicted molar refractivity (Wildman–Crippen MR) is 110 cm³/mol. The summed E-state index contributed by atoms with van der Waals surface area (Å²) in [6.45, 7) is 0.639. The first kappa shape index (κ1) is 17.7. The molecule has 0 aliphatic carbocycles. The summed E-state index contributed by atoms with van der Waals surface area (Å²) in [6, 6.07) is 18.1. The van der Waals surface area contributed by atoms with Crippen LogP contribution in [-0.2, 0) is 6.42 Å². The Labute approximate surface area is 163 Å². The largest absolute Gasteiger partial charge is 0.323 e. The van der Waals surface area contributed by atoms with Crippen molar-refractivity contribution in [3.05, 3.63) is 84.2 Å². The van der Waals surface area contributed by atoms with Gasteiger partial charge >= 0.3 is 6.03 Å². The third-order valence-corrected chi connectivity index (χ3v) is 4.65. The van der Waals surface area contributed by atoms with Crippen molar-refractivity contribution in [1.82, 2.24) is 4.98 Å². The number of carbonyl (C=O) groups is 2. The van der Waals surface area contributed by atoms with Gasteiger partial charge in [-0.25, -0.2) is 4.79 Å². The van der Waals surface area contributed by atoms with Crippen LogP contribution in [0.2, 0.25) is 0 Å². The number of hydrogen-bond acceptors (Lipinski definition) is 3. The Morgan fingerprint density at radius 2 is 1.75 bits per heavy atom. The zero-order valence-corrected chi connectivity index (χ0v) is 15.3. The summed E-state index contributed by atoms with van der Waals surface area (Å²) < 4.78 is 0. The molecule has 2 N–H and O–H groups in total. The van der Waals surface area contributed by atoms with Crippen molar-refractivity contribution in [2.24, 2.45) is 0 Å². The summed E-state index contributed by atoms with van der Waals surface area (Å²) in [5.74, 6) is -0.0834. The molecule has 4 rings (SSSR count). The van der Waals surface area contributed by atoms with Crippen molar-refractivity contribution in [3.63, 3.8) is 0 Å². The van der Waals surface area contributed by atoms with Crippen molar-refractivity contribution >= 4 is 29.0 Å². The molecule has 3 aromatic rings. The number of rotatable bonds is 3. The highest BCUT2D eigenvalue weighted by molar-refractivity contribution is 6.07. The molecule has 0 radical (unpaired) electrons. The van der Waals surface area contributed by atoms with Crippen LogP contribution >= 0.6 is 0 Å². The molecular weight excluding hydrogens is 352 g/mol. The molecule has 28 heavy (non-hydrogen) atoms. The quantitative estimate of drug-likeness (QED) is 0.719. The van der Waals surface area contributed by atoms with Crippen LogP contribution in [0.15, 0.2) is 73.1 Å². The summed E-state index contributed by atoms with van der Waals surface area (Å²) in [5.41, 5.74) is 3.83. The van der Waals surface area contributed by atoms with Gasteiger partial charge in [0.15, 0.2) is 0 Å². The zero-order valence-electron chi connectivity index (χ0n) is 15.3. The lowest BCUT2D eigenvalue weighted by atomic mass is 10.0. The summed E-state index contributed by atoms with van der Waals surface area (Å²) in [6.07, 6.45) is 5.03. The van der Waals surface area contributed by atoms with E-state index in [-0.39, 0.29) is 11.9 Å². The molecule has 2 heterocycles. The molecule has 2 aromatic carbocycles. The second kappa shape index (κ2) is 7.92. The maximum absolute atomic E-state index is 12.9. The minimum atomic E-state index is -0.327. The molecule has 140 valence electrons. The van der Waals surface area contributed by atoms with Crippen LogP contribution in [0.5, 0.6) is 0 Å². The van der Waals surface area contributed by atoms with Gasteiger partial charge in [-0.05, 0) is 54.8 Å². The fraction of sp³-hybridized carbons (Fsp3) is 0.136. The topological polar surface area (TPSA) is 74.3 Å². The molecule has 3 amide bonds. The van der Waals surface area contributed by atoms with Crippen LogP contribution in [0.25, 0.3) is 0 Å². The van der Waals surface area contributed by atoms with E-state index in [9.17, 15) is 9.59 Å². The molecule has 0 fully saturated rings. The number of nitrogens with one attached hydrogen (secondary N) is 2. The van der Waals surface area contributed by atoms with Crippen LogP contribution in [0.1, 0.15) is 22.3 Å². The van der Waals surface area contributed by atoms with Crippen molar-refractivity contribution in [2.75, 3.05) is 22.1 Å². The van der Waals surface area contributed by atoms with Crippen molar-refractivity contribution < 1.29 is 9.59 Å². The molecule has 1 aromatic heterocycles. The molecule has 0 spiro atoms. The van der Waals surface area contributed by atoms with Gasteiger partial charge in [-0.15, -0.1) is 0 Å². The van der Waals surface area contributed by atoms with Crippen LogP contribution in [0.4, 0.5) is 21.9 Å². The molecule has 0 saturated carbocycles. The second-order valence-electron chi connectivity index (χ2n) is 6.59. The number of amides is 3. The number of fused-ring (bicyclic) bond motifs is 1. The van der Waals surface area contributed by atoms with E-state index in [1.807, 2.05) is 48.5 Å². The highest BCUT2D eigenvalue weighted by atomic mass is 16.2. The Balaban J connectivity index is 1.54. The Morgan fingerprint density at radius 1 is 0.929 bits per heavy atom. The molecule has 1 aliphatic rings. The molecule has 0 saturated heterocycles. The molecule has 0 atom stereocenters. The lowest BCUT2D eigenvalue weighted by Crippen LogP contribution is -2.35. The van der Waals surface area contributed by atoms with Crippen LogP contribution < -0.4 is 15.5 Å². The molecule has 0 unspecified atom stereocenters. The minimum Gasteiger partial charge on any atom is -0.308 e. The zero-order chi connectivity index (χ0) is 19.3. The molecule has 6 nitrogen and oxygen atoms in total. The van der Waals surface area contributed by atoms with E-state index >= 15 is 0 Å². The monoisotopic (exact) mass is 372 g/mol. The standard InChI is InChI=1S/C22H20N4O2/c27-21(17-6-4-12-23-15-17)26-13-5-7-16-10-11-19(14-20(16)26)25-22(28)24-18-8-2-1-3-9-18/h1-4,6,8-12,14-15H,5,7,13H2,(H2,24,25,28). The highest BCUT2D eigenvalue weighted by Gasteiger charge is 2.24. The Hall–Kier alpha value is -3.67. The van der Waals surface area contributed by atoms with Crippen molar-refractivity contribution in [2.45, 2.75) is 12.8 Å². The number of hydrogen-bond donors (Lipinski definition) is 2. The fourth-order valence-corrected chi connectivity index (χ4v) is 3.32. The third-order valence-electron chi connectivity index (χ3n) is 4.65. The first-order chi connectivity index (χ1) is 13.7. The van der Waals surface area contributed by atoms with Gasteiger partial charge in [0.25, 0.3) is 5.91 Å². The number of urea groups is 1. The fourth-order valence-electron chi connectivity index (χ4n) is 3.32. The predicted octanol–water partition coefficient (Wildman–Crippen LogP) is 4.32.